The fourth-order valence-electron chi connectivity index (χ4n) is 2.55. The van der Waals surface area contributed by atoms with Crippen LogP contribution in [0.2, 0.25) is 0 Å². The van der Waals surface area contributed by atoms with Crippen LogP contribution in [0.3, 0.4) is 0 Å². The number of amides is 1. The first-order chi connectivity index (χ1) is 11.1. The van der Waals surface area contributed by atoms with Gasteiger partial charge in [-0.25, -0.2) is 0 Å². The number of rotatable bonds is 3. The van der Waals surface area contributed by atoms with Crippen LogP contribution in [0.15, 0.2) is 54.6 Å². The predicted molar refractivity (Wildman–Crippen MR) is 91.3 cm³/mol. The first-order valence-electron chi connectivity index (χ1n) is 7.27. The van der Waals surface area contributed by atoms with Gasteiger partial charge in [-0.1, -0.05) is 36.4 Å². The number of aryl methyl sites for hydroxylation is 1. The van der Waals surface area contributed by atoms with Gasteiger partial charge in [0.25, 0.3) is 5.91 Å². The van der Waals surface area contributed by atoms with Crippen molar-refractivity contribution >= 4 is 22.4 Å². The average molecular weight is 307 g/mol. The Hall–Kier alpha value is -3.01. The van der Waals surface area contributed by atoms with Gasteiger partial charge in [-0.2, -0.15) is 0 Å². The van der Waals surface area contributed by atoms with E-state index in [4.69, 9.17) is 4.74 Å². The van der Waals surface area contributed by atoms with Crippen LogP contribution in [0.4, 0.5) is 5.69 Å². The number of nitrogens with one attached hydrogen (secondary N) is 1. The van der Waals surface area contributed by atoms with Gasteiger partial charge in [0, 0.05) is 5.39 Å². The molecule has 0 aromatic heterocycles. The Balaban J connectivity index is 1.98. The van der Waals surface area contributed by atoms with Gasteiger partial charge in [0.2, 0.25) is 0 Å². The van der Waals surface area contributed by atoms with Gasteiger partial charge in [0.15, 0.2) is 0 Å². The quantitative estimate of drug-likeness (QED) is 0.765. The molecule has 4 heteroatoms. The summed E-state index contributed by atoms with van der Waals surface area (Å²) in [4.78, 5) is 12.5. The van der Waals surface area contributed by atoms with E-state index in [-0.39, 0.29) is 17.2 Å². The number of fused-ring (bicyclic) bond motifs is 1. The molecule has 0 saturated carbocycles. The van der Waals surface area contributed by atoms with Gasteiger partial charge in [-0.3, -0.25) is 4.79 Å². The third-order valence-corrected chi connectivity index (χ3v) is 3.75. The van der Waals surface area contributed by atoms with E-state index in [9.17, 15) is 9.90 Å². The van der Waals surface area contributed by atoms with Crippen molar-refractivity contribution in [3.05, 3.63) is 65.7 Å². The van der Waals surface area contributed by atoms with Gasteiger partial charge in [0.1, 0.15) is 11.5 Å². The Bertz CT molecular complexity index is 887. The number of carbonyl (C=O) groups excluding carboxylic acids is 1. The van der Waals surface area contributed by atoms with Gasteiger partial charge < -0.3 is 15.2 Å². The van der Waals surface area contributed by atoms with E-state index in [1.54, 1.807) is 25.3 Å². The van der Waals surface area contributed by atoms with E-state index < -0.39 is 0 Å². The molecule has 23 heavy (non-hydrogen) atoms. The second kappa shape index (κ2) is 6.01. The lowest BCUT2D eigenvalue weighted by Gasteiger charge is -2.12. The summed E-state index contributed by atoms with van der Waals surface area (Å²) >= 11 is 0. The van der Waals surface area contributed by atoms with E-state index in [0.29, 0.717) is 16.8 Å². The number of aromatic hydroxyl groups is 1. The highest BCUT2D eigenvalue weighted by molar-refractivity contribution is 6.10. The number of hydrogen-bond donors (Lipinski definition) is 2. The summed E-state index contributed by atoms with van der Waals surface area (Å²) < 4.78 is 5.26. The molecule has 0 aliphatic carbocycles. The van der Waals surface area contributed by atoms with Crippen molar-refractivity contribution < 1.29 is 14.6 Å². The highest BCUT2D eigenvalue weighted by Crippen LogP contribution is 2.31. The molecular weight excluding hydrogens is 290 g/mol. The van der Waals surface area contributed by atoms with Crippen molar-refractivity contribution in [3.8, 4) is 11.5 Å². The van der Waals surface area contributed by atoms with Crippen molar-refractivity contribution in [2.45, 2.75) is 6.92 Å². The highest BCUT2D eigenvalue weighted by atomic mass is 16.5. The van der Waals surface area contributed by atoms with Crippen LogP contribution < -0.4 is 10.1 Å². The molecule has 2 N–H and O–H groups in total. The van der Waals surface area contributed by atoms with Crippen molar-refractivity contribution in [2.75, 3.05) is 12.4 Å². The number of hydrogen-bond acceptors (Lipinski definition) is 3. The third kappa shape index (κ3) is 2.83. The Morgan fingerprint density at radius 2 is 1.87 bits per heavy atom. The number of carbonyl (C=O) groups is 1. The molecule has 0 fully saturated rings. The van der Waals surface area contributed by atoms with E-state index >= 15 is 0 Å². The molecule has 0 heterocycles. The maximum atomic E-state index is 12.5. The molecule has 3 aromatic rings. The van der Waals surface area contributed by atoms with Crippen LogP contribution >= 0.6 is 0 Å². The summed E-state index contributed by atoms with van der Waals surface area (Å²) in [5.41, 5.74) is 1.81. The number of anilines is 1. The Morgan fingerprint density at radius 3 is 2.65 bits per heavy atom. The van der Waals surface area contributed by atoms with E-state index in [1.807, 2.05) is 43.3 Å². The molecule has 0 unspecified atom stereocenters. The number of phenols is 1. The average Bonchev–Trinajstić information content (AvgIpc) is 2.55. The molecule has 0 bridgehead atoms. The Labute approximate surface area is 134 Å². The molecular formula is C19H17NO3. The molecule has 0 saturated heterocycles. The molecule has 0 aliphatic rings. The fourth-order valence-corrected chi connectivity index (χ4v) is 2.55. The van der Waals surface area contributed by atoms with Gasteiger partial charge in [0.05, 0.1) is 18.4 Å². The normalized spacial score (nSPS) is 10.5. The van der Waals surface area contributed by atoms with E-state index in [0.717, 1.165) is 10.9 Å². The molecule has 1 amide bonds. The lowest BCUT2D eigenvalue weighted by molar-refractivity contribution is 0.102. The summed E-state index contributed by atoms with van der Waals surface area (Å²) in [5.74, 6) is 0.175. The van der Waals surface area contributed by atoms with Crippen LogP contribution in [0.25, 0.3) is 10.8 Å². The molecule has 0 atom stereocenters. The second-order valence-electron chi connectivity index (χ2n) is 5.34. The van der Waals surface area contributed by atoms with Gasteiger partial charge in [-0.15, -0.1) is 0 Å². The minimum atomic E-state index is -0.378. The van der Waals surface area contributed by atoms with Crippen LogP contribution in [-0.4, -0.2) is 18.1 Å². The zero-order valence-electron chi connectivity index (χ0n) is 13.0. The van der Waals surface area contributed by atoms with Crippen LogP contribution in [0.5, 0.6) is 11.5 Å². The summed E-state index contributed by atoms with van der Waals surface area (Å²) in [6.07, 6.45) is 0. The smallest absolute Gasteiger partial charge is 0.259 e. The summed E-state index contributed by atoms with van der Waals surface area (Å²) in [5, 5.41) is 14.7. The minimum absolute atomic E-state index is 0.0211. The summed E-state index contributed by atoms with van der Waals surface area (Å²) in [7, 11) is 1.55. The maximum Gasteiger partial charge on any atom is 0.259 e. The number of methoxy groups -OCH3 is 1. The summed E-state index contributed by atoms with van der Waals surface area (Å²) in [6, 6.07) is 16.4. The third-order valence-electron chi connectivity index (χ3n) is 3.75. The van der Waals surface area contributed by atoms with Crippen LogP contribution in [0, 0.1) is 6.92 Å². The second-order valence-corrected chi connectivity index (χ2v) is 5.34. The summed E-state index contributed by atoms with van der Waals surface area (Å²) in [6.45, 7) is 1.93. The highest BCUT2D eigenvalue weighted by Gasteiger charge is 2.15. The standard InChI is InChI=1S/C19H17NO3/c1-12-7-10-17(23-2)16(11-12)20-19(22)15-9-8-13-5-3-4-6-14(13)18(15)21/h3-11,21H,1-2H3,(H,20,22). The van der Waals surface area contributed by atoms with E-state index in [1.165, 1.54) is 0 Å². The lowest BCUT2D eigenvalue weighted by atomic mass is 10.0. The van der Waals surface area contributed by atoms with Crippen LogP contribution in [-0.2, 0) is 0 Å². The van der Waals surface area contributed by atoms with Gasteiger partial charge >= 0.3 is 0 Å². The SMILES string of the molecule is COc1ccc(C)cc1NC(=O)c1ccc2ccccc2c1O. The number of ether oxygens (including phenoxy) is 1. The topological polar surface area (TPSA) is 58.6 Å². The predicted octanol–water partition coefficient (Wildman–Crippen LogP) is 4.11. The molecule has 0 aliphatic heterocycles. The molecule has 0 spiro atoms. The Morgan fingerprint density at radius 1 is 1.09 bits per heavy atom. The van der Waals surface area contributed by atoms with Crippen molar-refractivity contribution in [1.29, 1.82) is 0 Å². The first kappa shape index (κ1) is 14.9. The molecule has 0 radical (unpaired) electrons. The Kier molecular flexibility index (Phi) is 3.89. The number of benzene rings is 3. The maximum absolute atomic E-state index is 12.5. The molecule has 3 aromatic carbocycles. The zero-order valence-corrected chi connectivity index (χ0v) is 13.0. The number of phenolic OH excluding ortho intramolecular Hbond substituents is 1. The van der Waals surface area contributed by atoms with Crippen molar-refractivity contribution in [2.24, 2.45) is 0 Å². The van der Waals surface area contributed by atoms with Crippen molar-refractivity contribution in [1.82, 2.24) is 0 Å². The van der Waals surface area contributed by atoms with Gasteiger partial charge in [-0.05, 0) is 36.1 Å². The lowest BCUT2D eigenvalue weighted by Crippen LogP contribution is -2.13. The molecule has 4 nitrogen and oxygen atoms in total. The largest absolute Gasteiger partial charge is 0.506 e. The fraction of sp³-hybridized carbons (Fsp3) is 0.105. The first-order valence-corrected chi connectivity index (χ1v) is 7.27. The van der Waals surface area contributed by atoms with Crippen LogP contribution in [0.1, 0.15) is 15.9 Å². The minimum Gasteiger partial charge on any atom is -0.506 e. The molecule has 116 valence electrons. The monoisotopic (exact) mass is 307 g/mol. The molecule has 3 rings (SSSR count). The van der Waals surface area contributed by atoms with Crippen molar-refractivity contribution in [3.63, 3.8) is 0 Å². The van der Waals surface area contributed by atoms with E-state index in [2.05, 4.69) is 5.32 Å². The zero-order chi connectivity index (χ0) is 16.4.